The number of nitrogens with two attached hydrogens (primary N) is 1. The normalized spacial score (nSPS) is 24.0. The van der Waals surface area contributed by atoms with Crippen LogP contribution in [-0.4, -0.2) is 45.7 Å². The molecule has 4 rings (SSSR count). The van der Waals surface area contributed by atoms with Gasteiger partial charge in [-0.25, -0.2) is 22.7 Å². The minimum absolute atomic E-state index is 0.0384. The second kappa shape index (κ2) is 8.83. The Morgan fingerprint density at radius 3 is 2.36 bits per heavy atom. The van der Waals surface area contributed by atoms with Crippen molar-refractivity contribution in [2.24, 2.45) is 20.9 Å². The summed E-state index contributed by atoms with van der Waals surface area (Å²) in [5, 5.41) is 4.90. The molecule has 0 aliphatic carbocycles. The molecule has 0 spiro atoms. The molecule has 2 aliphatic rings. The van der Waals surface area contributed by atoms with E-state index in [-0.39, 0.29) is 22.6 Å². The first kappa shape index (κ1) is 26.1. The molecule has 0 bridgehead atoms. The molecule has 2 aromatic carbocycles. The smallest absolute Gasteiger partial charge is 0.317 e. The molecule has 3 atom stereocenters. The average Bonchev–Trinajstić information content (AvgIpc) is 3.17. The Balaban J connectivity index is 1.78. The van der Waals surface area contributed by atoms with Crippen LogP contribution in [0, 0.1) is 17.2 Å². The zero-order valence-electron chi connectivity index (χ0n) is 19.7. The molecule has 2 aliphatic heterocycles. The molecule has 0 saturated carbocycles. The zero-order valence-corrected chi connectivity index (χ0v) is 21.3. The number of hydrogen-bond acceptors (Lipinski definition) is 6. The number of likely N-dealkylation sites (tertiary alicyclic amines) is 1. The number of nitrogens with zero attached hydrogens (tertiary/aromatic N) is 2. The van der Waals surface area contributed by atoms with Gasteiger partial charge in [-0.1, -0.05) is 51.1 Å². The highest BCUT2D eigenvalue weighted by Crippen LogP contribution is 2.44. The van der Waals surface area contributed by atoms with Crippen molar-refractivity contribution in [1.82, 2.24) is 9.62 Å². The van der Waals surface area contributed by atoms with Gasteiger partial charge in [-0.3, -0.25) is 9.59 Å². The van der Waals surface area contributed by atoms with Crippen molar-refractivity contribution in [2.45, 2.75) is 44.3 Å². The number of fused-ring (bicyclic) bond motifs is 1. The summed E-state index contributed by atoms with van der Waals surface area (Å²) in [7, 11) is -8.48. The summed E-state index contributed by atoms with van der Waals surface area (Å²) in [6, 6.07) is 7.76. The topological polar surface area (TPSA) is 156 Å². The van der Waals surface area contributed by atoms with E-state index in [0.717, 1.165) is 6.21 Å². The van der Waals surface area contributed by atoms with Gasteiger partial charge in [0.25, 0.3) is 0 Å². The second-order valence-electron chi connectivity index (χ2n) is 9.86. The van der Waals surface area contributed by atoms with Gasteiger partial charge < -0.3 is 4.90 Å². The van der Waals surface area contributed by atoms with E-state index in [9.17, 15) is 30.8 Å². The Kier molecular flexibility index (Phi) is 6.40. The molecule has 10 nitrogen and oxygen atoms in total. The second-order valence-corrected chi connectivity index (χ2v) is 12.7. The molecule has 13 heteroatoms. The lowest BCUT2D eigenvalue weighted by atomic mass is 9.80. The van der Waals surface area contributed by atoms with Crippen molar-refractivity contribution in [1.29, 1.82) is 0 Å². The molecule has 192 valence electrons. The number of carbonyl (C=O) groups excluding carboxylic acids is 2. The molecule has 0 radical (unpaired) electrons. The maximum absolute atomic E-state index is 13.7. The van der Waals surface area contributed by atoms with E-state index in [0.29, 0.717) is 5.56 Å². The lowest BCUT2D eigenvalue weighted by Gasteiger charge is -2.33. The van der Waals surface area contributed by atoms with Crippen molar-refractivity contribution < 1.29 is 30.8 Å². The standard InChI is InChI=1S/C23H25FN4O6S2/c1-23(2,3)21-19(29)17(22(30)28(21)12-13-7-9-15(24)10-8-13)18-16-6-4-5-14(11-26-36(25,33)34)20(16)35(31,32)27-18/h4-11,17-18,21,27H,12H2,1-3H3,(H2,25,33,34)/b26-11+/t17?,18?,21-/m1/s1. The van der Waals surface area contributed by atoms with Crippen LogP contribution in [0.1, 0.15) is 43.5 Å². The maximum atomic E-state index is 13.7. The highest BCUT2D eigenvalue weighted by atomic mass is 32.2. The molecule has 1 fully saturated rings. The van der Waals surface area contributed by atoms with Crippen LogP contribution < -0.4 is 9.86 Å². The van der Waals surface area contributed by atoms with E-state index in [1.54, 1.807) is 20.8 Å². The van der Waals surface area contributed by atoms with Crippen LogP contribution in [0.3, 0.4) is 0 Å². The fourth-order valence-electron chi connectivity index (χ4n) is 4.81. The third-order valence-corrected chi connectivity index (χ3v) is 8.13. The van der Waals surface area contributed by atoms with E-state index in [1.807, 2.05) is 0 Å². The summed E-state index contributed by atoms with van der Waals surface area (Å²) in [6.45, 7) is 5.45. The Morgan fingerprint density at radius 2 is 1.78 bits per heavy atom. The third-order valence-electron chi connectivity index (χ3n) is 6.16. The Labute approximate surface area is 208 Å². The zero-order chi connectivity index (χ0) is 26.6. The number of hydrogen-bond donors (Lipinski definition) is 2. The van der Waals surface area contributed by atoms with Gasteiger partial charge in [-0.05, 0) is 28.7 Å². The first-order valence-electron chi connectivity index (χ1n) is 10.9. The van der Waals surface area contributed by atoms with E-state index in [2.05, 4.69) is 9.12 Å². The van der Waals surface area contributed by atoms with Crippen molar-refractivity contribution in [3.63, 3.8) is 0 Å². The molecule has 1 saturated heterocycles. The molecule has 36 heavy (non-hydrogen) atoms. The van der Waals surface area contributed by atoms with Gasteiger partial charge in [0.15, 0.2) is 5.78 Å². The molecule has 3 N–H and O–H groups in total. The van der Waals surface area contributed by atoms with Crippen LogP contribution in [0.25, 0.3) is 0 Å². The van der Waals surface area contributed by atoms with Crippen LogP contribution in [-0.2, 0) is 36.4 Å². The van der Waals surface area contributed by atoms with Gasteiger partial charge in [-0.15, -0.1) is 0 Å². The summed E-state index contributed by atoms with van der Waals surface area (Å²) in [5.74, 6) is -2.80. The number of nitrogens with one attached hydrogen (secondary N) is 1. The summed E-state index contributed by atoms with van der Waals surface area (Å²) in [6.07, 6.45) is 0.812. The molecule has 2 aromatic rings. The number of carbonyl (C=O) groups is 2. The molecule has 1 amide bonds. The van der Waals surface area contributed by atoms with Crippen molar-refractivity contribution in [3.8, 4) is 0 Å². The Hall–Kier alpha value is -3.00. The number of ketones is 1. The lowest BCUT2D eigenvalue weighted by Crippen LogP contribution is -2.44. The predicted octanol–water partition coefficient (Wildman–Crippen LogP) is 1.42. The highest BCUT2D eigenvalue weighted by molar-refractivity contribution is 7.90. The van der Waals surface area contributed by atoms with E-state index in [1.165, 1.54) is 47.4 Å². The SMILES string of the molecule is CC(C)(C)[C@H]1C(=O)C(C2NS(=O)(=O)c3c(/C=N/S(N)(=O)=O)cccc32)C(=O)N1Cc1ccc(F)cc1. The maximum Gasteiger partial charge on any atom is 0.317 e. The quantitative estimate of drug-likeness (QED) is 0.435. The van der Waals surface area contributed by atoms with Crippen molar-refractivity contribution in [3.05, 3.63) is 65.0 Å². The summed E-state index contributed by atoms with van der Waals surface area (Å²) < 4.78 is 67.6. The molecular formula is C23H25FN4O6S2. The number of Topliss-reactive ketones (excluding diaryl/α,β-unsaturated/α-hetero) is 1. The lowest BCUT2D eigenvalue weighted by molar-refractivity contribution is -0.134. The minimum Gasteiger partial charge on any atom is -0.327 e. The van der Waals surface area contributed by atoms with Crippen molar-refractivity contribution in [2.75, 3.05) is 0 Å². The van der Waals surface area contributed by atoms with E-state index < -0.39 is 61.2 Å². The fraction of sp³-hybridized carbons (Fsp3) is 0.348. The third kappa shape index (κ3) is 4.83. The Bertz CT molecular complexity index is 1480. The number of benzene rings is 2. The number of rotatable bonds is 5. The largest absolute Gasteiger partial charge is 0.327 e. The number of amides is 1. The molecule has 2 heterocycles. The van der Waals surface area contributed by atoms with Crippen LogP contribution >= 0.6 is 0 Å². The van der Waals surface area contributed by atoms with E-state index >= 15 is 0 Å². The molecule has 2 unspecified atom stereocenters. The van der Waals surface area contributed by atoms with Crippen molar-refractivity contribution >= 4 is 38.1 Å². The van der Waals surface area contributed by atoms with Gasteiger partial charge in [0.1, 0.15) is 11.7 Å². The Morgan fingerprint density at radius 1 is 1.14 bits per heavy atom. The molecular weight excluding hydrogens is 511 g/mol. The summed E-state index contributed by atoms with van der Waals surface area (Å²) in [4.78, 5) is 28.5. The predicted molar refractivity (Wildman–Crippen MR) is 129 cm³/mol. The number of sulfonamides is 1. The van der Waals surface area contributed by atoms with Gasteiger partial charge in [0, 0.05) is 12.1 Å². The highest BCUT2D eigenvalue weighted by Gasteiger charge is 2.57. The summed E-state index contributed by atoms with van der Waals surface area (Å²) >= 11 is 0. The van der Waals surface area contributed by atoms with Crippen LogP contribution in [0.15, 0.2) is 51.8 Å². The van der Waals surface area contributed by atoms with Crippen LogP contribution in [0.4, 0.5) is 4.39 Å². The van der Waals surface area contributed by atoms with Crippen LogP contribution in [0.5, 0.6) is 0 Å². The summed E-state index contributed by atoms with van der Waals surface area (Å²) in [5.41, 5.74) is 0.0360. The fourth-order valence-corrected chi connectivity index (χ4v) is 6.72. The van der Waals surface area contributed by atoms with Gasteiger partial charge in [0.2, 0.25) is 15.9 Å². The van der Waals surface area contributed by atoms with Gasteiger partial charge in [0.05, 0.1) is 23.2 Å². The van der Waals surface area contributed by atoms with Crippen LogP contribution in [0.2, 0.25) is 0 Å². The van der Waals surface area contributed by atoms with Gasteiger partial charge in [-0.2, -0.15) is 12.8 Å². The monoisotopic (exact) mass is 536 g/mol. The minimum atomic E-state index is -4.27. The van der Waals surface area contributed by atoms with E-state index in [4.69, 9.17) is 5.14 Å². The first-order chi connectivity index (χ1) is 16.6. The number of halogens is 1. The van der Waals surface area contributed by atoms with Gasteiger partial charge >= 0.3 is 10.2 Å². The first-order valence-corrected chi connectivity index (χ1v) is 13.9. The average molecular weight is 537 g/mol. The molecule has 0 aromatic heterocycles.